The molecule has 0 saturated carbocycles. The summed E-state index contributed by atoms with van der Waals surface area (Å²) in [5.41, 5.74) is 12.3. The number of hydrogen-bond donors (Lipinski definition) is 3. The molecule has 0 heterocycles. The summed E-state index contributed by atoms with van der Waals surface area (Å²) in [6, 6.07) is 26.3. The predicted octanol–water partition coefficient (Wildman–Crippen LogP) is 6.03. The standard InChI is InChI=1S/C26H23N5O4/c27-21-5-14-26(20(16-21)15-18-1-10-24(11-2-18)30(32)33)29-23-8-6-22(7-9-23)28-17-19-3-12-25(13-4-19)31(34)35/h1-14,16,28-29H,15,17,27H2. The molecule has 4 rings (SSSR count). The van der Waals surface area contributed by atoms with Crippen LogP contribution >= 0.6 is 0 Å². The van der Waals surface area contributed by atoms with E-state index >= 15 is 0 Å². The summed E-state index contributed by atoms with van der Waals surface area (Å²) < 4.78 is 0. The lowest BCUT2D eigenvalue weighted by atomic mass is 10.0. The highest BCUT2D eigenvalue weighted by molar-refractivity contribution is 5.68. The SMILES string of the molecule is Nc1ccc(Nc2ccc(NCc3ccc([N+](=O)[O-])cc3)cc2)c(Cc2ccc([N+](=O)[O-])cc2)c1. The molecule has 0 atom stereocenters. The van der Waals surface area contributed by atoms with Crippen LogP contribution < -0.4 is 16.4 Å². The van der Waals surface area contributed by atoms with E-state index in [1.165, 1.54) is 24.3 Å². The molecule has 35 heavy (non-hydrogen) atoms. The fraction of sp³-hybridized carbons (Fsp3) is 0.0769. The van der Waals surface area contributed by atoms with Crippen molar-refractivity contribution in [3.8, 4) is 0 Å². The Kier molecular flexibility index (Phi) is 6.87. The quantitative estimate of drug-likeness (QED) is 0.155. The van der Waals surface area contributed by atoms with Crippen LogP contribution in [0.3, 0.4) is 0 Å². The van der Waals surface area contributed by atoms with Gasteiger partial charge in [-0.2, -0.15) is 0 Å². The van der Waals surface area contributed by atoms with Crippen molar-refractivity contribution in [3.05, 3.63) is 128 Å². The van der Waals surface area contributed by atoms with Crippen molar-refractivity contribution >= 4 is 34.1 Å². The third kappa shape index (κ3) is 6.11. The Morgan fingerprint density at radius 1 is 0.686 bits per heavy atom. The Balaban J connectivity index is 1.41. The number of nitrogens with one attached hydrogen (secondary N) is 2. The van der Waals surface area contributed by atoms with E-state index in [1.807, 2.05) is 42.5 Å². The molecule has 9 heteroatoms. The van der Waals surface area contributed by atoms with E-state index < -0.39 is 9.85 Å². The van der Waals surface area contributed by atoms with Crippen LogP contribution in [-0.2, 0) is 13.0 Å². The lowest BCUT2D eigenvalue weighted by Gasteiger charge is -2.14. The van der Waals surface area contributed by atoms with E-state index in [-0.39, 0.29) is 11.4 Å². The van der Waals surface area contributed by atoms with Crippen molar-refractivity contribution < 1.29 is 9.85 Å². The summed E-state index contributed by atoms with van der Waals surface area (Å²) >= 11 is 0. The fourth-order valence-electron chi connectivity index (χ4n) is 3.60. The molecule has 4 aromatic carbocycles. The van der Waals surface area contributed by atoms with Crippen LogP contribution in [0.2, 0.25) is 0 Å². The van der Waals surface area contributed by atoms with Gasteiger partial charge >= 0.3 is 0 Å². The first kappa shape index (κ1) is 23.2. The number of nitrogen functional groups attached to an aromatic ring is 1. The van der Waals surface area contributed by atoms with Crippen LogP contribution in [0.1, 0.15) is 16.7 Å². The third-order valence-electron chi connectivity index (χ3n) is 5.48. The molecule has 0 aliphatic carbocycles. The van der Waals surface area contributed by atoms with E-state index in [0.29, 0.717) is 18.7 Å². The van der Waals surface area contributed by atoms with Crippen molar-refractivity contribution in [1.29, 1.82) is 0 Å². The molecular weight excluding hydrogens is 446 g/mol. The highest BCUT2D eigenvalue weighted by Gasteiger charge is 2.09. The zero-order chi connectivity index (χ0) is 24.8. The lowest BCUT2D eigenvalue weighted by molar-refractivity contribution is -0.385. The number of non-ortho nitro benzene ring substituents is 2. The van der Waals surface area contributed by atoms with E-state index in [2.05, 4.69) is 10.6 Å². The Hall–Kier alpha value is -4.92. The van der Waals surface area contributed by atoms with Gasteiger partial charge in [-0.05, 0) is 65.6 Å². The first-order valence-corrected chi connectivity index (χ1v) is 10.8. The molecule has 0 amide bonds. The second-order valence-corrected chi connectivity index (χ2v) is 8.00. The first-order valence-electron chi connectivity index (χ1n) is 10.8. The number of hydrogen-bond acceptors (Lipinski definition) is 7. The summed E-state index contributed by atoms with van der Waals surface area (Å²) in [5, 5.41) is 28.4. The molecule has 4 aromatic rings. The van der Waals surface area contributed by atoms with Gasteiger partial charge in [0.25, 0.3) is 11.4 Å². The van der Waals surface area contributed by atoms with Crippen molar-refractivity contribution in [2.75, 3.05) is 16.4 Å². The van der Waals surface area contributed by atoms with E-state index in [0.717, 1.165) is 33.8 Å². The second-order valence-electron chi connectivity index (χ2n) is 8.00. The van der Waals surface area contributed by atoms with Gasteiger partial charge in [-0.3, -0.25) is 20.2 Å². The molecular formula is C26H23N5O4. The number of nitrogens with zero attached hydrogens (tertiary/aromatic N) is 2. The van der Waals surface area contributed by atoms with Crippen LogP contribution in [-0.4, -0.2) is 9.85 Å². The molecule has 4 N–H and O–H groups in total. The van der Waals surface area contributed by atoms with Gasteiger partial charge in [0.1, 0.15) is 0 Å². The average molecular weight is 470 g/mol. The van der Waals surface area contributed by atoms with Gasteiger partial charge in [0.15, 0.2) is 0 Å². The molecule has 0 aliphatic heterocycles. The molecule has 0 radical (unpaired) electrons. The Morgan fingerprint density at radius 3 is 1.80 bits per heavy atom. The van der Waals surface area contributed by atoms with Crippen LogP contribution in [0, 0.1) is 20.2 Å². The van der Waals surface area contributed by atoms with Gasteiger partial charge in [0.05, 0.1) is 9.85 Å². The minimum absolute atomic E-state index is 0.0574. The second kappa shape index (κ2) is 10.3. The number of anilines is 4. The fourth-order valence-corrected chi connectivity index (χ4v) is 3.60. The lowest BCUT2D eigenvalue weighted by Crippen LogP contribution is -2.01. The summed E-state index contributed by atoms with van der Waals surface area (Å²) in [5.74, 6) is 0. The van der Waals surface area contributed by atoms with E-state index in [4.69, 9.17) is 5.73 Å². The molecule has 0 aliphatic rings. The van der Waals surface area contributed by atoms with Gasteiger partial charge in [0, 0.05) is 53.6 Å². The van der Waals surface area contributed by atoms with E-state index in [1.54, 1.807) is 24.3 Å². The molecule has 9 nitrogen and oxygen atoms in total. The van der Waals surface area contributed by atoms with Gasteiger partial charge in [0.2, 0.25) is 0 Å². The maximum Gasteiger partial charge on any atom is 0.269 e. The molecule has 0 spiro atoms. The zero-order valence-electron chi connectivity index (χ0n) is 18.7. The molecule has 0 fully saturated rings. The molecule has 0 bridgehead atoms. The van der Waals surface area contributed by atoms with Gasteiger partial charge < -0.3 is 16.4 Å². The molecule has 0 unspecified atom stereocenters. The van der Waals surface area contributed by atoms with Crippen molar-refractivity contribution in [3.63, 3.8) is 0 Å². The van der Waals surface area contributed by atoms with Gasteiger partial charge in [-0.1, -0.05) is 24.3 Å². The number of nitrogens with two attached hydrogens (primary N) is 1. The minimum atomic E-state index is -0.415. The molecule has 0 aromatic heterocycles. The summed E-state index contributed by atoms with van der Waals surface area (Å²) in [6.07, 6.45) is 0.570. The Morgan fingerprint density at radius 2 is 1.23 bits per heavy atom. The summed E-state index contributed by atoms with van der Waals surface area (Å²) in [4.78, 5) is 20.8. The van der Waals surface area contributed by atoms with Crippen molar-refractivity contribution in [1.82, 2.24) is 0 Å². The largest absolute Gasteiger partial charge is 0.399 e. The Labute approximate surface area is 201 Å². The Bertz CT molecular complexity index is 1340. The number of rotatable bonds is 9. The van der Waals surface area contributed by atoms with Crippen molar-refractivity contribution in [2.45, 2.75) is 13.0 Å². The monoisotopic (exact) mass is 469 g/mol. The minimum Gasteiger partial charge on any atom is -0.399 e. The van der Waals surface area contributed by atoms with Crippen LogP contribution in [0.25, 0.3) is 0 Å². The zero-order valence-corrected chi connectivity index (χ0v) is 18.7. The number of nitro benzene ring substituents is 2. The highest BCUT2D eigenvalue weighted by Crippen LogP contribution is 2.27. The summed E-state index contributed by atoms with van der Waals surface area (Å²) in [7, 11) is 0. The smallest absolute Gasteiger partial charge is 0.269 e. The average Bonchev–Trinajstić information content (AvgIpc) is 2.86. The van der Waals surface area contributed by atoms with Crippen LogP contribution in [0.15, 0.2) is 91.0 Å². The third-order valence-corrected chi connectivity index (χ3v) is 5.48. The first-order chi connectivity index (χ1) is 16.9. The van der Waals surface area contributed by atoms with Crippen LogP contribution in [0.5, 0.6) is 0 Å². The topological polar surface area (TPSA) is 136 Å². The normalized spacial score (nSPS) is 10.5. The van der Waals surface area contributed by atoms with Crippen molar-refractivity contribution in [2.24, 2.45) is 0 Å². The summed E-state index contributed by atoms with van der Waals surface area (Å²) in [6.45, 7) is 0.544. The maximum atomic E-state index is 10.9. The van der Waals surface area contributed by atoms with Gasteiger partial charge in [-0.15, -0.1) is 0 Å². The van der Waals surface area contributed by atoms with E-state index in [9.17, 15) is 20.2 Å². The van der Waals surface area contributed by atoms with Gasteiger partial charge in [-0.25, -0.2) is 0 Å². The predicted molar refractivity (Wildman–Crippen MR) is 137 cm³/mol. The van der Waals surface area contributed by atoms with Crippen LogP contribution in [0.4, 0.5) is 34.1 Å². The number of nitro groups is 2. The molecule has 0 saturated heterocycles. The highest BCUT2D eigenvalue weighted by atomic mass is 16.6. The number of benzene rings is 4. The maximum absolute atomic E-state index is 10.9. The molecule has 176 valence electrons.